The lowest BCUT2D eigenvalue weighted by Crippen LogP contribution is -2.19. The maximum atomic E-state index is 10.9. The van der Waals surface area contributed by atoms with Gasteiger partial charge < -0.3 is 14.4 Å². The molecule has 0 aliphatic rings. The van der Waals surface area contributed by atoms with Gasteiger partial charge in [0.25, 0.3) is 0 Å². The molecule has 1 aromatic carbocycles. The summed E-state index contributed by atoms with van der Waals surface area (Å²) in [6.07, 6.45) is 1.75. The van der Waals surface area contributed by atoms with Gasteiger partial charge in [-0.05, 0) is 24.1 Å². The van der Waals surface area contributed by atoms with Crippen molar-refractivity contribution in [1.82, 2.24) is 9.55 Å². The summed E-state index contributed by atoms with van der Waals surface area (Å²) in [4.78, 5) is 15.2. The van der Waals surface area contributed by atoms with E-state index >= 15 is 0 Å². The van der Waals surface area contributed by atoms with Crippen LogP contribution in [0.3, 0.4) is 0 Å². The third-order valence-electron chi connectivity index (χ3n) is 3.29. The number of aromatic nitrogens is 2. The summed E-state index contributed by atoms with van der Waals surface area (Å²) in [6, 6.07) is 5.19. The predicted octanol–water partition coefficient (Wildman–Crippen LogP) is 2.58. The Bertz CT molecular complexity index is 589. The summed E-state index contributed by atoms with van der Waals surface area (Å²) in [6.45, 7) is 4.85. The molecule has 0 saturated heterocycles. The Kier molecular flexibility index (Phi) is 3.85. The molecule has 0 aliphatic carbocycles. The Morgan fingerprint density at radius 3 is 2.79 bits per heavy atom. The van der Waals surface area contributed by atoms with Gasteiger partial charge in [0.05, 0.1) is 35.6 Å². The number of carboxylic acids is 1. The maximum absolute atomic E-state index is 10.9. The topological polar surface area (TPSA) is 64.4 Å². The number of benzene rings is 1. The maximum Gasteiger partial charge on any atom is 0.335 e. The Labute approximate surface area is 111 Å². The molecule has 1 N–H and O–H groups in total. The van der Waals surface area contributed by atoms with E-state index in [4.69, 9.17) is 9.84 Å². The smallest absolute Gasteiger partial charge is 0.335 e. The Morgan fingerprint density at radius 2 is 2.21 bits per heavy atom. The van der Waals surface area contributed by atoms with Crippen LogP contribution >= 0.6 is 0 Å². The van der Waals surface area contributed by atoms with E-state index in [0.717, 1.165) is 5.52 Å². The minimum atomic E-state index is -0.936. The van der Waals surface area contributed by atoms with Crippen molar-refractivity contribution in [1.29, 1.82) is 0 Å². The molecule has 0 aliphatic heterocycles. The van der Waals surface area contributed by atoms with Crippen molar-refractivity contribution < 1.29 is 14.6 Å². The Hall–Kier alpha value is -1.88. The standard InChI is InChI=1S/C14H18N2O3/c1-9(2)13(7-19-3)16-8-15-11-6-10(14(17)18)4-5-12(11)16/h4-6,8-9,13H,7H2,1-3H3,(H,17,18). The van der Waals surface area contributed by atoms with Crippen LogP contribution in [-0.2, 0) is 4.74 Å². The molecular formula is C14H18N2O3. The number of fused-ring (bicyclic) bond motifs is 1. The van der Waals surface area contributed by atoms with Crippen molar-refractivity contribution in [3.63, 3.8) is 0 Å². The van der Waals surface area contributed by atoms with Gasteiger partial charge >= 0.3 is 5.97 Å². The van der Waals surface area contributed by atoms with Gasteiger partial charge in [0.15, 0.2) is 0 Å². The first-order chi connectivity index (χ1) is 9.04. The fourth-order valence-electron chi connectivity index (χ4n) is 2.19. The van der Waals surface area contributed by atoms with Crippen LogP contribution < -0.4 is 0 Å². The van der Waals surface area contributed by atoms with Crippen LogP contribution in [0.5, 0.6) is 0 Å². The van der Waals surface area contributed by atoms with Crippen LogP contribution in [0.25, 0.3) is 11.0 Å². The number of carbonyl (C=O) groups is 1. The van der Waals surface area contributed by atoms with Crippen LogP contribution in [0, 0.1) is 5.92 Å². The van der Waals surface area contributed by atoms with Crippen LogP contribution in [0.15, 0.2) is 24.5 Å². The molecule has 5 heteroatoms. The summed E-state index contributed by atoms with van der Waals surface area (Å²) in [5.74, 6) is -0.537. The quantitative estimate of drug-likeness (QED) is 0.899. The highest BCUT2D eigenvalue weighted by Gasteiger charge is 2.18. The van der Waals surface area contributed by atoms with Crippen LogP contribution in [0.1, 0.15) is 30.2 Å². The van der Waals surface area contributed by atoms with E-state index in [1.165, 1.54) is 0 Å². The monoisotopic (exact) mass is 262 g/mol. The van der Waals surface area contributed by atoms with E-state index < -0.39 is 5.97 Å². The second-order valence-electron chi connectivity index (χ2n) is 4.93. The molecule has 19 heavy (non-hydrogen) atoms. The number of imidazole rings is 1. The number of ether oxygens (including phenoxy) is 1. The molecule has 0 saturated carbocycles. The molecule has 1 heterocycles. The van der Waals surface area contributed by atoms with E-state index in [0.29, 0.717) is 18.0 Å². The molecule has 0 bridgehead atoms. The zero-order chi connectivity index (χ0) is 14.0. The van der Waals surface area contributed by atoms with Crippen LogP contribution in [-0.4, -0.2) is 34.3 Å². The average molecular weight is 262 g/mol. The third-order valence-corrected chi connectivity index (χ3v) is 3.29. The Morgan fingerprint density at radius 1 is 1.47 bits per heavy atom. The highest BCUT2D eigenvalue weighted by Crippen LogP contribution is 2.24. The first kappa shape index (κ1) is 13.5. The summed E-state index contributed by atoms with van der Waals surface area (Å²) in [7, 11) is 1.68. The van der Waals surface area contributed by atoms with E-state index in [1.807, 2.05) is 0 Å². The molecule has 1 unspecified atom stereocenters. The number of hydrogen-bond acceptors (Lipinski definition) is 3. The van der Waals surface area contributed by atoms with E-state index in [-0.39, 0.29) is 11.6 Å². The lowest BCUT2D eigenvalue weighted by atomic mass is 10.0. The van der Waals surface area contributed by atoms with Gasteiger partial charge in [-0.2, -0.15) is 0 Å². The molecule has 102 valence electrons. The number of hydrogen-bond donors (Lipinski definition) is 1. The zero-order valence-corrected chi connectivity index (χ0v) is 11.3. The molecule has 5 nitrogen and oxygen atoms in total. The van der Waals surface area contributed by atoms with Crippen molar-refractivity contribution >= 4 is 17.0 Å². The van der Waals surface area contributed by atoms with E-state index in [9.17, 15) is 4.79 Å². The SMILES string of the molecule is COCC(C(C)C)n1cnc2cc(C(=O)O)ccc21. The van der Waals surface area contributed by atoms with E-state index in [2.05, 4.69) is 23.4 Å². The highest BCUT2D eigenvalue weighted by atomic mass is 16.5. The summed E-state index contributed by atoms with van der Waals surface area (Å²) >= 11 is 0. The normalized spacial score (nSPS) is 13.1. The number of nitrogens with zero attached hydrogens (tertiary/aromatic N) is 2. The predicted molar refractivity (Wildman–Crippen MR) is 72.4 cm³/mol. The van der Waals surface area contributed by atoms with Crippen molar-refractivity contribution in [2.24, 2.45) is 5.92 Å². The molecule has 1 aromatic heterocycles. The average Bonchev–Trinajstić information content (AvgIpc) is 2.78. The van der Waals surface area contributed by atoms with Gasteiger partial charge in [-0.1, -0.05) is 13.8 Å². The van der Waals surface area contributed by atoms with Gasteiger partial charge in [-0.25, -0.2) is 9.78 Å². The summed E-state index contributed by atoms with van der Waals surface area (Å²) in [5.41, 5.74) is 1.88. The Balaban J connectivity index is 2.47. The number of carboxylic acid groups (broad SMARTS) is 1. The molecule has 0 spiro atoms. The lowest BCUT2D eigenvalue weighted by molar-refractivity contribution is 0.0697. The van der Waals surface area contributed by atoms with Gasteiger partial charge in [-0.3, -0.25) is 0 Å². The lowest BCUT2D eigenvalue weighted by Gasteiger charge is -2.22. The first-order valence-electron chi connectivity index (χ1n) is 6.23. The number of aromatic carboxylic acids is 1. The second kappa shape index (κ2) is 5.40. The third kappa shape index (κ3) is 2.61. The summed E-state index contributed by atoms with van der Waals surface area (Å²) in [5, 5.41) is 8.98. The molecule has 2 rings (SSSR count). The van der Waals surface area contributed by atoms with Crippen molar-refractivity contribution in [2.75, 3.05) is 13.7 Å². The molecule has 0 fully saturated rings. The minimum Gasteiger partial charge on any atom is -0.478 e. The second-order valence-corrected chi connectivity index (χ2v) is 4.93. The molecule has 2 aromatic rings. The fourth-order valence-corrected chi connectivity index (χ4v) is 2.19. The number of methoxy groups -OCH3 is 1. The fraction of sp³-hybridized carbons (Fsp3) is 0.429. The van der Waals surface area contributed by atoms with Crippen molar-refractivity contribution in [3.8, 4) is 0 Å². The largest absolute Gasteiger partial charge is 0.478 e. The van der Waals surface area contributed by atoms with Crippen molar-refractivity contribution in [3.05, 3.63) is 30.1 Å². The minimum absolute atomic E-state index is 0.186. The van der Waals surface area contributed by atoms with Crippen LogP contribution in [0.4, 0.5) is 0 Å². The van der Waals surface area contributed by atoms with Gasteiger partial charge in [0, 0.05) is 7.11 Å². The summed E-state index contributed by atoms with van der Waals surface area (Å²) < 4.78 is 7.31. The van der Waals surface area contributed by atoms with Gasteiger partial charge in [0.1, 0.15) is 0 Å². The molecule has 1 atom stereocenters. The van der Waals surface area contributed by atoms with Crippen molar-refractivity contribution in [2.45, 2.75) is 19.9 Å². The molecule has 0 radical (unpaired) electrons. The zero-order valence-electron chi connectivity index (χ0n) is 11.3. The van der Waals surface area contributed by atoms with Gasteiger partial charge in [-0.15, -0.1) is 0 Å². The van der Waals surface area contributed by atoms with E-state index in [1.54, 1.807) is 31.6 Å². The molecule has 0 amide bonds. The number of rotatable bonds is 5. The molecular weight excluding hydrogens is 244 g/mol. The van der Waals surface area contributed by atoms with Gasteiger partial charge in [0.2, 0.25) is 0 Å². The van der Waals surface area contributed by atoms with Crippen LogP contribution in [0.2, 0.25) is 0 Å². The highest BCUT2D eigenvalue weighted by molar-refractivity contribution is 5.92. The first-order valence-corrected chi connectivity index (χ1v) is 6.23.